The van der Waals surface area contributed by atoms with Gasteiger partial charge in [0.15, 0.2) is 0 Å². The number of piperidine rings is 1. The average molecular weight is 307 g/mol. The molecule has 2 aliphatic rings. The number of aryl methyl sites for hydroxylation is 1. The smallest absolute Gasteiger partial charge is 0.0334 e. The number of fused-ring (bicyclic) bond motifs is 1. The first kappa shape index (κ1) is 15.5. The first-order valence-corrected chi connectivity index (χ1v) is 9.60. The molecule has 0 radical (unpaired) electrons. The van der Waals surface area contributed by atoms with Crippen molar-refractivity contribution in [2.24, 2.45) is 5.92 Å². The maximum absolute atomic E-state index is 2.79. The zero-order valence-corrected chi connectivity index (χ0v) is 14.7. The summed E-state index contributed by atoms with van der Waals surface area (Å²) in [5.41, 5.74) is 1.56. The van der Waals surface area contributed by atoms with Gasteiger partial charge in [0.2, 0.25) is 0 Å². The monoisotopic (exact) mass is 306 g/mol. The molecule has 1 aromatic rings. The highest BCUT2D eigenvalue weighted by atomic mass is 32.1. The summed E-state index contributed by atoms with van der Waals surface area (Å²) >= 11 is 1.96. The molecule has 2 unspecified atom stereocenters. The zero-order chi connectivity index (χ0) is 14.8. The number of hydrogen-bond donors (Lipinski definition) is 0. The Kier molecular flexibility index (Phi) is 5.03. The summed E-state index contributed by atoms with van der Waals surface area (Å²) in [6.07, 6.45) is 5.42. The fourth-order valence-corrected chi connectivity index (χ4v) is 5.09. The summed E-state index contributed by atoms with van der Waals surface area (Å²) in [7, 11) is 0. The molecular weight excluding hydrogens is 276 g/mol. The van der Waals surface area contributed by atoms with Crippen LogP contribution in [-0.4, -0.2) is 41.5 Å². The fraction of sp³-hybridized carbons (Fsp3) is 0.778. The lowest BCUT2D eigenvalue weighted by molar-refractivity contribution is -0.0114. The third-order valence-electron chi connectivity index (χ3n) is 5.42. The maximum Gasteiger partial charge on any atom is 0.0334 e. The molecule has 3 heteroatoms. The molecule has 1 aromatic heterocycles. The SMILES string of the molecule is CCc1ccsc1CN1CC2CCCCN2CC1C(C)C. The molecule has 0 aromatic carbocycles. The molecule has 0 aliphatic carbocycles. The summed E-state index contributed by atoms with van der Waals surface area (Å²) in [5.74, 6) is 0.748. The van der Waals surface area contributed by atoms with Crippen LogP contribution in [0.25, 0.3) is 0 Å². The van der Waals surface area contributed by atoms with E-state index in [4.69, 9.17) is 0 Å². The van der Waals surface area contributed by atoms with Crippen LogP contribution in [0, 0.1) is 5.92 Å². The van der Waals surface area contributed by atoms with Crippen molar-refractivity contribution in [3.8, 4) is 0 Å². The van der Waals surface area contributed by atoms with E-state index in [1.54, 1.807) is 10.4 Å². The Bertz CT molecular complexity index is 454. The van der Waals surface area contributed by atoms with Gasteiger partial charge in [-0.3, -0.25) is 9.80 Å². The summed E-state index contributed by atoms with van der Waals surface area (Å²) in [4.78, 5) is 7.18. The second-order valence-electron chi connectivity index (χ2n) is 7.11. The lowest BCUT2D eigenvalue weighted by Gasteiger charge is -2.49. The first-order valence-electron chi connectivity index (χ1n) is 8.72. The summed E-state index contributed by atoms with van der Waals surface area (Å²) < 4.78 is 0. The van der Waals surface area contributed by atoms with E-state index in [-0.39, 0.29) is 0 Å². The van der Waals surface area contributed by atoms with Crippen LogP contribution in [0.1, 0.15) is 50.5 Å². The van der Waals surface area contributed by atoms with Crippen LogP contribution < -0.4 is 0 Å². The van der Waals surface area contributed by atoms with E-state index in [0.717, 1.165) is 18.0 Å². The van der Waals surface area contributed by atoms with Crippen LogP contribution in [0.2, 0.25) is 0 Å². The van der Waals surface area contributed by atoms with Crippen molar-refractivity contribution >= 4 is 11.3 Å². The minimum absolute atomic E-state index is 0.728. The summed E-state index contributed by atoms with van der Waals surface area (Å²) in [5, 5.41) is 2.27. The Balaban J connectivity index is 1.74. The molecule has 3 rings (SSSR count). The molecule has 2 nitrogen and oxygen atoms in total. The molecule has 0 N–H and O–H groups in total. The fourth-order valence-electron chi connectivity index (χ4n) is 4.09. The molecular formula is C18H30N2S. The Morgan fingerprint density at radius 2 is 2.14 bits per heavy atom. The average Bonchev–Trinajstić information content (AvgIpc) is 2.93. The molecule has 2 aliphatic heterocycles. The lowest BCUT2D eigenvalue weighted by Crippen LogP contribution is -2.60. The zero-order valence-electron chi connectivity index (χ0n) is 13.8. The third kappa shape index (κ3) is 3.35. The molecule has 2 saturated heterocycles. The van der Waals surface area contributed by atoms with Crippen molar-refractivity contribution in [3.05, 3.63) is 21.9 Å². The second kappa shape index (κ2) is 6.80. The van der Waals surface area contributed by atoms with Crippen LogP contribution in [0.5, 0.6) is 0 Å². The Morgan fingerprint density at radius 1 is 1.29 bits per heavy atom. The van der Waals surface area contributed by atoms with Crippen LogP contribution in [0.15, 0.2) is 11.4 Å². The van der Waals surface area contributed by atoms with E-state index in [0.29, 0.717) is 0 Å². The van der Waals surface area contributed by atoms with Gasteiger partial charge in [0, 0.05) is 36.6 Å². The van der Waals surface area contributed by atoms with Gasteiger partial charge in [0.25, 0.3) is 0 Å². The molecule has 0 spiro atoms. The van der Waals surface area contributed by atoms with E-state index < -0.39 is 0 Å². The van der Waals surface area contributed by atoms with Gasteiger partial charge in [-0.1, -0.05) is 27.2 Å². The maximum atomic E-state index is 2.79. The van der Waals surface area contributed by atoms with Gasteiger partial charge in [-0.25, -0.2) is 0 Å². The Labute approximate surface area is 134 Å². The third-order valence-corrected chi connectivity index (χ3v) is 6.37. The number of nitrogens with zero attached hydrogens (tertiary/aromatic N) is 2. The number of thiophene rings is 1. The molecule has 21 heavy (non-hydrogen) atoms. The number of hydrogen-bond acceptors (Lipinski definition) is 3. The highest BCUT2D eigenvalue weighted by molar-refractivity contribution is 7.10. The van der Waals surface area contributed by atoms with Gasteiger partial charge in [-0.15, -0.1) is 11.3 Å². The molecule has 0 saturated carbocycles. The quantitative estimate of drug-likeness (QED) is 0.829. The van der Waals surface area contributed by atoms with E-state index in [2.05, 4.69) is 42.0 Å². The topological polar surface area (TPSA) is 6.48 Å². The van der Waals surface area contributed by atoms with Gasteiger partial charge in [0.05, 0.1) is 0 Å². The molecule has 2 fully saturated rings. The molecule has 118 valence electrons. The van der Waals surface area contributed by atoms with Crippen molar-refractivity contribution in [3.63, 3.8) is 0 Å². The number of rotatable bonds is 4. The van der Waals surface area contributed by atoms with E-state index >= 15 is 0 Å². The highest BCUT2D eigenvalue weighted by Crippen LogP contribution is 2.30. The van der Waals surface area contributed by atoms with E-state index in [1.165, 1.54) is 51.9 Å². The van der Waals surface area contributed by atoms with Crippen molar-refractivity contribution in [1.82, 2.24) is 9.80 Å². The van der Waals surface area contributed by atoms with Crippen molar-refractivity contribution in [2.75, 3.05) is 19.6 Å². The lowest BCUT2D eigenvalue weighted by atomic mass is 9.92. The minimum Gasteiger partial charge on any atom is -0.298 e. The standard InChI is InChI=1S/C18H30N2S/c1-4-15-8-10-21-18(15)13-20-11-16-7-5-6-9-19(16)12-17(20)14(2)3/h8,10,14,16-17H,4-7,9,11-13H2,1-3H3. The Morgan fingerprint density at radius 3 is 2.90 bits per heavy atom. The summed E-state index contributed by atoms with van der Waals surface area (Å²) in [6, 6.07) is 3.87. The normalized spacial score (nSPS) is 28.0. The van der Waals surface area contributed by atoms with Crippen LogP contribution in [0.4, 0.5) is 0 Å². The van der Waals surface area contributed by atoms with Gasteiger partial charge in [0.1, 0.15) is 0 Å². The first-order chi connectivity index (χ1) is 10.2. The second-order valence-corrected chi connectivity index (χ2v) is 8.11. The predicted octanol–water partition coefficient (Wildman–Crippen LogP) is 4.01. The van der Waals surface area contributed by atoms with Gasteiger partial charge in [-0.05, 0) is 48.7 Å². The van der Waals surface area contributed by atoms with Gasteiger partial charge >= 0.3 is 0 Å². The van der Waals surface area contributed by atoms with Crippen molar-refractivity contribution in [1.29, 1.82) is 0 Å². The van der Waals surface area contributed by atoms with Crippen molar-refractivity contribution < 1.29 is 0 Å². The summed E-state index contributed by atoms with van der Waals surface area (Å²) in [6.45, 7) is 12.2. The molecule has 0 bridgehead atoms. The minimum atomic E-state index is 0.728. The van der Waals surface area contributed by atoms with E-state index in [1.807, 2.05) is 11.3 Å². The van der Waals surface area contributed by atoms with Gasteiger partial charge < -0.3 is 0 Å². The molecule has 2 atom stereocenters. The van der Waals surface area contributed by atoms with E-state index in [9.17, 15) is 0 Å². The van der Waals surface area contributed by atoms with Gasteiger partial charge in [-0.2, -0.15) is 0 Å². The van der Waals surface area contributed by atoms with Crippen molar-refractivity contribution in [2.45, 2.75) is 65.1 Å². The van der Waals surface area contributed by atoms with Crippen LogP contribution in [-0.2, 0) is 13.0 Å². The van der Waals surface area contributed by atoms with Crippen LogP contribution >= 0.6 is 11.3 Å². The highest BCUT2D eigenvalue weighted by Gasteiger charge is 2.36. The Hall–Kier alpha value is -0.380. The molecule has 3 heterocycles. The number of piperazine rings is 1. The largest absolute Gasteiger partial charge is 0.298 e. The predicted molar refractivity (Wildman–Crippen MR) is 91.9 cm³/mol. The van der Waals surface area contributed by atoms with Crippen LogP contribution in [0.3, 0.4) is 0 Å². The molecule has 0 amide bonds.